The Kier molecular flexibility index (Phi) is 7.95. The van der Waals surface area contributed by atoms with Crippen molar-refractivity contribution in [1.29, 1.82) is 0 Å². The number of alkyl carbamates (subject to hydrolysis) is 1. The van der Waals surface area contributed by atoms with Crippen LogP contribution in [-0.4, -0.2) is 38.7 Å². The molecule has 6 heteroatoms. The van der Waals surface area contributed by atoms with Gasteiger partial charge in [-0.2, -0.15) is 0 Å². The van der Waals surface area contributed by atoms with Gasteiger partial charge in [0.05, 0.1) is 18.1 Å². The summed E-state index contributed by atoms with van der Waals surface area (Å²) in [5.74, 6) is 0.204. The van der Waals surface area contributed by atoms with Gasteiger partial charge in [-0.25, -0.2) is 13.2 Å². The van der Waals surface area contributed by atoms with Crippen molar-refractivity contribution in [1.82, 2.24) is 5.32 Å². The number of ether oxygens (including phenoxy) is 1. The monoisotopic (exact) mass is 305 g/mol. The van der Waals surface area contributed by atoms with Crippen molar-refractivity contribution in [3.05, 3.63) is 0 Å². The summed E-state index contributed by atoms with van der Waals surface area (Å²) >= 11 is 0. The molecule has 5 nitrogen and oxygen atoms in total. The molecule has 1 rings (SSSR count). The van der Waals surface area contributed by atoms with Crippen LogP contribution in [0.5, 0.6) is 0 Å². The lowest BCUT2D eigenvalue weighted by Crippen LogP contribution is -2.36. The van der Waals surface area contributed by atoms with Crippen LogP contribution in [-0.2, 0) is 14.6 Å². The second-order valence-corrected chi connectivity index (χ2v) is 7.73. The minimum absolute atomic E-state index is 0.0412. The maximum atomic E-state index is 11.5. The van der Waals surface area contributed by atoms with Crippen molar-refractivity contribution in [3.8, 4) is 0 Å². The molecule has 1 N–H and O–H groups in total. The van der Waals surface area contributed by atoms with Gasteiger partial charge < -0.3 is 10.1 Å². The van der Waals surface area contributed by atoms with E-state index >= 15 is 0 Å². The molecule has 0 spiro atoms. The van der Waals surface area contributed by atoms with E-state index in [-0.39, 0.29) is 17.5 Å². The van der Waals surface area contributed by atoms with Crippen molar-refractivity contribution in [2.24, 2.45) is 0 Å². The zero-order valence-corrected chi connectivity index (χ0v) is 13.2. The average Bonchev–Trinajstić information content (AvgIpc) is 2.72. The highest BCUT2D eigenvalue weighted by atomic mass is 32.2. The van der Waals surface area contributed by atoms with E-state index in [9.17, 15) is 13.2 Å². The van der Waals surface area contributed by atoms with Crippen LogP contribution < -0.4 is 5.32 Å². The third-order valence-corrected chi connectivity index (χ3v) is 5.30. The highest BCUT2D eigenvalue weighted by Gasteiger charge is 2.29. The van der Waals surface area contributed by atoms with Gasteiger partial charge >= 0.3 is 6.09 Å². The van der Waals surface area contributed by atoms with E-state index in [0.29, 0.717) is 13.0 Å². The summed E-state index contributed by atoms with van der Waals surface area (Å²) in [4.78, 5) is 11.5. The molecule has 1 unspecified atom stereocenters. The van der Waals surface area contributed by atoms with E-state index in [4.69, 9.17) is 4.74 Å². The van der Waals surface area contributed by atoms with Gasteiger partial charge in [0.15, 0.2) is 9.84 Å². The molecule has 1 saturated heterocycles. The van der Waals surface area contributed by atoms with Crippen LogP contribution in [0.25, 0.3) is 0 Å². The fourth-order valence-electron chi connectivity index (χ4n) is 2.34. The number of nitrogens with one attached hydrogen (secondary N) is 1. The van der Waals surface area contributed by atoms with Gasteiger partial charge in [-0.05, 0) is 12.8 Å². The number of sulfone groups is 1. The summed E-state index contributed by atoms with van der Waals surface area (Å²) in [6, 6.07) is -0.276. The normalized spacial score (nSPS) is 20.8. The Labute approximate surface area is 122 Å². The Morgan fingerprint density at radius 1 is 1.15 bits per heavy atom. The van der Waals surface area contributed by atoms with Crippen molar-refractivity contribution in [3.63, 3.8) is 0 Å². The highest BCUT2D eigenvalue weighted by molar-refractivity contribution is 7.91. The summed E-state index contributed by atoms with van der Waals surface area (Å²) < 4.78 is 27.5. The molecular weight excluding hydrogens is 278 g/mol. The van der Waals surface area contributed by atoms with Gasteiger partial charge in [0.25, 0.3) is 0 Å². The first kappa shape index (κ1) is 17.3. The summed E-state index contributed by atoms with van der Waals surface area (Å²) in [5, 5.41) is 2.61. The van der Waals surface area contributed by atoms with Gasteiger partial charge in [0.1, 0.15) is 0 Å². The van der Waals surface area contributed by atoms with Crippen molar-refractivity contribution in [2.45, 2.75) is 64.3 Å². The van der Waals surface area contributed by atoms with Crippen LogP contribution in [0.4, 0.5) is 4.79 Å². The average molecular weight is 305 g/mol. The molecule has 0 saturated carbocycles. The predicted molar refractivity (Wildman–Crippen MR) is 79.5 cm³/mol. The quantitative estimate of drug-likeness (QED) is 0.665. The second kappa shape index (κ2) is 9.21. The molecule has 1 fully saturated rings. The molecule has 0 aromatic carbocycles. The third kappa shape index (κ3) is 7.72. The van der Waals surface area contributed by atoms with Gasteiger partial charge in [-0.15, -0.1) is 0 Å². The zero-order chi connectivity index (χ0) is 14.8. The van der Waals surface area contributed by atoms with E-state index < -0.39 is 15.9 Å². The van der Waals surface area contributed by atoms with Crippen LogP contribution in [0, 0.1) is 0 Å². The first-order valence-electron chi connectivity index (χ1n) is 7.67. The maximum absolute atomic E-state index is 11.5. The topological polar surface area (TPSA) is 72.5 Å². The molecule has 0 aromatic heterocycles. The van der Waals surface area contributed by atoms with Gasteiger partial charge in [0, 0.05) is 6.04 Å². The molecule has 1 amide bonds. The Hall–Kier alpha value is -0.780. The molecule has 0 bridgehead atoms. The Morgan fingerprint density at radius 2 is 1.80 bits per heavy atom. The number of unbranched alkanes of at least 4 members (excludes halogenated alkanes) is 6. The molecule has 1 aliphatic heterocycles. The Balaban J connectivity index is 1.96. The van der Waals surface area contributed by atoms with Gasteiger partial charge in [0.2, 0.25) is 0 Å². The minimum atomic E-state index is -2.95. The Bertz CT molecular complexity index is 381. The fourth-order valence-corrected chi connectivity index (χ4v) is 4.01. The first-order chi connectivity index (χ1) is 9.53. The van der Waals surface area contributed by atoms with E-state index in [0.717, 1.165) is 12.8 Å². The van der Waals surface area contributed by atoms with E-state index in [1.807, 2.05) is 0 Å². The number of amides is 1. The molecule has 1 heterocycles. The number of rotatable bonds is 9. The van der Waals surface area contributed by atoms with E-state index in [1.165, 1.54) is 32.1 Å². The molecule has 0 aromatic rings. The van der Waals surface area contributed by atoms with Crippen LogP contribution in [0.3, 0.4) is 0 Å². The summed E-state index contributed by atoms with van der Waals surface area (Å²) in [6.07, 6.45) is 8.23. The highest BCUT2D eigenvalue weighted by Crippen LogP contribution is 2.11. The SMILES string of the molecule is CCCCCCCCCOC(=O)NC1CCS(=O)(=O)C1. The summed E-state index contributed by atoms with van der Waals surface area (Å²) in [6.45, 7) is 2.61. The van der Waals surface area contributed by atoms with Crippen molar-refractivity contribution in [2.75, 3.05) is 18.1 Å². The van der Waals surface area contributed by atoms with Crippen molar-refractivity contribution < 1.29 is 17.9 Å². The van der Waals surface area contributed by atoms with Gasteiger partial charge in [-0.1, -0.05) is 45.4 Å². The fraction of sp³-hybridized carbons (Fsp3) is 0.929. The number of carbonyl (C=O) groups excluding carboxylic acids is 1. The van der Waals surface area contributed by atoms with Gasteiger partial charge in [-0.3, -0.25) is 0 Å². The van der Waals surface area contributed by atoms with Crippen LogP contribution in [0.1, 0.15) is 58.3 Å². The molecule has 1 aliphatic rings. The lowest BCUT2D eigenvalue weighted by molar-refractivity contribution is 0.141. The van der Waals surface area contributed by atoms with Crippen molar-refractivity contribution >= 4 is 15.9 Å². The van der Waals surface area contributed by atoms with Crippen LogP contribution >= 0.6 is 0 Å². The first-order valence-corrected chi connectivity index (χ1v) is 9.49. The third-order valence-electron chi connectivity index (χ3n) is 3.54. The number of hydrogen-bond acceptors (Lipinski definition) is 4. The van der Waals surface area contributed by atoms with E-state index in [2.05, 4.69) is 12.2 Å². The zero-order valence-electron chi connectivity index (χ0n) is 12.4. The standard InChI is InChI=1S/C14H27NO4S/c1-2-3-4-5-6-7-8-10-19-14(16)15-13-9-11-20(17,18)12-13/h13H,2-12H2,1H3,(H,15,16). The molecule has 0 aliphatic carbocycles. The summed E-state index contributed by atoms with van der Waals surface area (Å²) in [5.41, 5.74) is 0. The van der Waals surface area contributed by atoms with Crippen LogP contribution in [0.15, 0.2) is 0 Å². The lowest BCUT2D eigenvalue weighted by atomic mass is 10.1. The van der Waals surface area contributed by atoms with E-state index in [1.54, 1.807) is 0 Å². The molecular formula is C14H27NO4S. The molecule has 118 valence electrons. The Morgan fingerprint density at radius 3 is 2.40 bits per heavy atom. The largest absolute Gasteiger partial charge is 0.450 e. The predicted octanol–water partition coefficient (Wildman–Crippen LogP) is 2.65. The minimum Gasteiger partial charge on any atom is -0.450 e. The summed E-state index contributed by atoms with van der Waals surface area (Å²) in [7, 11) is -2.95. The molecule has 0 radical (unpaired) electrons. The smallest absolute Gasteiger partial charge is 0.407 e. The maximum Gasteiger partial charge on any atom is 0.407 e. The number of carbonyl (C=O) groups is 1. The molecule has 1 atom stereocenters. The second-order valence-electron chi connectivity index (χ2n) is 5.50. The number of hydrogen-bond donors (Lipinski definition) is 1. The molecule has 20 heavy (non-hydrogen) atoms. The van der Waals surface area contributed by atoms with Crippen LogP contribution in [0.2, 0.25) is 0 Å². The lowest BCUT2D eigenvalue weighted by Gasteiger charge is -2.11.